The number of anilines is 4. The van der Waals surface area contributed by atoms with Gasteiger partial charge in [0, 0.05) is 82.1 Å². The van der Waals surface area contributed by atoms with Crippen molar-refractivity contribution < 1.29 is 42.3 Å². The van der Waals surface area contributed by atoms with Crippen LogP contribution in [0.5, 0.6) is 0 Å². The van der Waals surface area contributed by atoms with Gasteiger partial charge in [-0.3, -0.25) is 24.5 Å². The molecule has 0 bridgehead atoms. The molecule has 6 heterocycles. The lowest BCUT2D eigenvalue weighted by Gasteiger charge is -2.37. The van der Waals surface area contributed by atoms with Crippen molar-refractivity contribution in [3.8, 4) is 0 Å². The number of fused-ring (bicyclic) bond motifs is 2. The maximum absolute atomic E-state index is 13.1. The van der Waals surface area contributed by atoms with Crippen LogP contribution in [0.1, 0.15) is 71.0 Å². The molecule has 3 aliphatic heterocycles. The zero-order valence-corrected chi connectivity index (χ0v) is 31.3. The van der Waals surface area contributed by atoms with E-state index in [1.165, 1.54) is 0 Å². The number of rotatable bonds is 7. The lowest BCUT2D eigenvalue weighted by molar-refractivity contribution is -0.192. The Bertz CT molecular complexity index is 2210. The van der Waals surface area contributed by atoms with E-state index in [4.69, 9.17) is 14.9 Å². The van der Waals surface area contributed by atoms with Crippen molar-refractivity contribution >= 4 is 63.8 Å². The van der Waals surface area contributed by atoms with E-state index in [1.807, 2.05) is 36.5 Å². The molecular weight excluding hydrogens is 749 g/mol. The summed E-state index contributed by atoms with van der Waals surface area (Å²) in [4.78, 5) is 80.9. The first-order valence-electron chi connectivity index (χ1n) is 18.6. The topological polar surface area (TPSA) is 186 Å². The van der Waals surface area contributed by atoms with E-state index >= 15 is 0 Å². The van der Waals surface area contributed by atoms with Crippen LogP contribution in [0.4, 0.5) is 36.3 Å². The number of amides is 4. The maximum atomic E-state index is 13.1. The van der Waals surface area contributed by atoms with Crippen molar-refractivity contribution in [3.63, 3.8) is 0 Å². The minimum Gasteiger partial charge on any atom is -0.475 e. The Hall–Kier alpha value is -6.27. The molecule has 1 aromatic carbocycles. The number of imide groups is 1. The first kappa shape index (κ1) is 39.0. The van der Waals surface area contributed by atoms with E-state index in [0.717, 1.165) is 79.8 Å². The van der Waals surface area contributed by atoms with E-state index in [-0.39, 0.29) is 30.2 Å². The molecule has 4 aromatic rings. The lowest BCUT2D eigenvalue weighted by atomic mass is 10.0. The van der Waals surface area contributed by atoms with Crippen LogP contribution >= 0.6 is 0 Å². The number of piperazine rings is 1. The Morgan fingerprint density at radius 1 is 0.912 bits per heavy atom. The number of hydrogen-bond donors (Lipinski definition) is 3. The highest BCUT2D eigenvalue weighted by Gasteiger charge is 2.40. The molecule has 300 valence electrons. The molecule has 1 aliphatic carbocycles. The van der Waals surface area contributed by atoms with Crippen LogP contribution in [0.15, 0.2) is 48.8 Å². The summed E-state index contributed by atoms with van der Waals surface area (Å²) in [5, 5.41) is 13.6. The van der Waals surface area contributed by atoms with Crippen LogP contribution in [-0.2, 0) is 20.9 Å². The van der Waals surface area contributed by atoms with Crippen LogP contribution in [0.25, 0.3) is 11.0 Å². The smallest absolute Gasteiger partial charge is 0.475 e. The highest BCUT2D eigenvalue weighted by atomic mass is 19.4. The quantitative estimate of drug-likeness (QED) is 0.228. The Morgan fingerprint density at radius 3 is 2.19 bits per heavy atom. The summed E-state index contributed by atoms with van der Waals surface area (Å²) in [6.45, 7) is 3.58. The van der Waals surface area contributed by atoms with Crippen molar-refractivity contribution in [1.82, 2.24) is 34.6 Å². The zero-order valence-electron chi connectivity index (χ0n) is 31.3. The van der Waals surface area contributed by atoms with Crippen molar-refractivity contribution in [2.45, 2.75) is 63.3 Å². The fourth-order valence-electron chi connectivity index (χ4n) is 7.74. The van der Waals surface area contributed by atoms with Gasteiger partial charge in [0.05, 0.1) is 11.9 Å². The normalized spacial score (nSPS) is 18.6. The molecule has 19 heteroatoms. The number of carboxylic acid groups (broad SMARTS) is 1. The molecule has 3 N–H and O–H groups in total. The van der Waals surface area contributed by atoms with E-state index in [9.17, 15) is 32.3 Å². The second-order valence-corrected chi connectivity index (χ2v) is 14.6. The van der Waals surface area contributed by atoms with Gasteiger partial charge in [0.25, 0.3) is 11.8 Å². The number of halogens is 3. The predicted octanol–water partition coefficient (Wildman–Crippen LogP) is 4.11. The average molecular weight is 791 g/mol. The number of aromatic nitrogens is 4. The average Bonchev–Trinajstić information content (AvgIpc) is 3.92. The Kier molecular flexibility index (Phi) is 10.7. The summed E-state index contributed by atoms with van der Waals surface area (Å²) in [7, 11) is 3.54. The van der Waals surface area contributed by atoms with Gasteiger partial charge in [-0.05, 0) is 61.2 Å². The van der Waals surface area contributed by atoms with E-state index < -0.39 is 24.1 Å². The number of hydrogen-bond acceptors (Lipinski definition) is 11. The van der Waals surface area contributed by atoms with Crippen molar-refractivity contribution in [1.29, 1.82) is 0 Å². The van der Waals surface area contributed by atoms with Crippen LogP contribution in [0.3, 0.4) is 0 Å². The molecule has 3 aromatic heterocycles. The third-order valence-electron chi connectivity index (χ3n) is 10.6. The minimum absolute atomic E-state index is 0.0374. The molecule has 1 saturated carbocycles. The summed E-state index contributed by atoms with van der Waals surface area (Å²) >= 11 is 0. The number of pyridine rings is 1. The number of alkyl halides is 3. The van der Waals surface area contributed by atoms with Gasteiger partial charge in [0.2, 0.25) is 17.8 Å². The molecule has 16 nitrogen and oxygen atoms in total. The molecule has 57 heavy (non-hydrogen) atoms. The van der Waals surface area contributed by atoms with Crippen LogP contribution in [0.2, 0.25) is 0 Å². The third-order valence-corrected chi connectivity index (χ3v) is 10.6. The molecule has 0 radical (unpaired) electrons. The van der Waals surface area contributed by atoms with E-state index in [2.05, 4.69) is 41.0 Å². The zero-order chi connectivity index (χ0) is 40.6. The van der Waals surface area contributed by atoms with Gasteiger partial charge < -0.3 is 34.6 Å². The fourth-order valence-corrected chi connectivity index (χ4v) is 7.74. The van der Waals surface area contributed by atoms with Crippen molar-refractivity contribution in [2.75, 3.05) is 55.4 Å². The number of benzene rings is 1. The van der Waals surface area contributed by atoms with Gasteiger partial charge in [-0.2, -0.15) is 18.2 Å². The number of aliphatic carboxylic acids is 1. The molecular formula is C38H41F3N10O6. The van der Waals surface area contributed by atoms with Crippen LogP contribution < -0.4 is 20.4 Å². The summed E-state index contributed by atoms with van der Waals surface area (Å²) < 4.78 is 33.8. The Labute approximate surface area is 324 Å². The van der Waals surface area contributed by atoms with Gasteiger partial charge in [-0.15, -0.1) is 0 Å². The minimum atomic E-state index is -5.08. The highest BCUT2D eigenvalue weighted by Crippen LogP contribution is 2.35. The first-order chi connectivity index (χ1) is 27.2. The molecule has 4 aliphatic rings. The number of nitrogens with one attached hydrogen (secondary N) is 2. The van der Waals surface area contributed by atoms with Gasteiger partial charge in [-0.1, -0.05) is 12.8 Å². The summed E-state index contributed by atoms with van der Waals surface area (Å²) in [5.41, 5.74) is 5.00. The van der Waals surface area contributed by atoms with Gasteiger partial charge in [0.15, 0.2) is 0 Å². The lowest BCUT2D eigenvalue weighted by Crippen LogP contribution is -2.52. The number of piperidine rings is 1. The number of carboxylic acids is 1. The monoisotopic (exact) mass is 790 g/mol. The number of nitrogens with zero attached hydrogens (tertiary/aromatic N) is 8. The summed E-state index contributed by atoms with van der Waals surface area (Å²) in [6.07, 6.45) is 3.48. The third kappa shape index (κ3) is 8.17. The summed E-state index contributed by atoms with van der Waals surface area (Å²) in [5.74, 6) is -2.57. The first-order valence-corrected chi connectivity index (χ1v) is 18.6. The van der Waals surface area contributed by atoms with Crippen molar-refractivity contribution in [2.24, 2.45) is 0 Å². The molecule has 8 rings (SSSR count). The largest absolute Gasteiger partial charge is 0.490 e. The number of carbonyl (C=O) groups is 5. The molecule has 0 unspecified atom stereocenters. The maximum Gasteiger partial charge on any atom is 0.490 e. The van der Waals surface area contributed by atoms with E-state index in [0.29, 0.717) is 36.0 Å². The van der Waals surface area contributed by atoms with Crippen LogP contribution in [0, 0.1) is 0 Å². The molecule has 1 atom stereocenters. The van der Waals surface area contributed by atoms with Gasteiger partial charge in [-0.25, -0.2) is 14.8 Å². The molecule has 4 amide bonds. The van der Waals surface area contributed by atoms with Crippen molar-refractivity contribution in [3.05, 3.63) is 65.6 Å². The summed E-state index contributed by atoms with van der Waals surface area (Å²) in [6, 6.07) is 11.4. The molecule has 3 fully saturated rings. The van der Waals surface area contributed by atoms with E-state index in [1.54, 1.807) is 30.1 Å². The molecule has 0 spiro atoms. The standard InChI is InChI=1S/C36H40N10O4.C2HF3O2/c1-42(2)35(50)29-18-22-19-38-36(41-32(22)46(29)24-5-3-4-6-24)39-30-11-8-26(20-37-30)44-15-13-43(14-16-44)25-7-9-27-23(17-25)21-45(34(27)49)28-10-12-31(47)40-33(28)48;3-2(4,5)1(6)7/h7-9,11,17-20,24,28H,3-6,10,12-16,21H2,1-2H3,(H,40,47,48)(H,37,38,39,41);(H,6,7)/t28-;/m1./s1. The Balaban J connectivity index is 0.000000651. The predicted molar refractivity (Wildman–Crippen MR) is 201 cm³/mol. The SMILES string of the molecule is CN(C)C(=O)c1cc2cnc(Nc3ccc(N4CCN(c5ccc6c(c5)CN([C@@H]5CCC(=O)NC5=O)C6=O)CC4)cn3)nc2n1C1CCCC1.O=C(O)C(F)(F)F. The highest BCUT2D eigenvalue weighted by molar-refractivity contribution is 6.05. The fraction of sp³-hybridized carbons (Fsp3) is 0.421. The van der Waals surface area contributed by atoms with Gasteiger partial charge >= 0.3 is 12.1 Å². The second-order valence-electron chi connectivity index (χ2n) is 14.6. The van der Waals surface area contributed by atoms with Gasteiger partial charge in [0.1, 0.15) is 23.2 Å². The Morgan fingerprint density at radius 2 is 1.58 bits per heavy atom. The molecule has 2 saturated heterocycles. The number of carbonyl (C=O) groups excluding carboxylic acids is 4. The second kappa shape index (κ2) is 15.7. The van der Waals surface area contributed by atoms with Crippen LogP contribution in [-0.4, -0.2) is 117 Å².